The molecule has 0 radical (unpaired) electrons. The normalized spacial score (nSPS) is 26.2. The standard InChI is InChI=1S/C14H17Br2Cl/c1-8-4-3-5-10(8)14(17)11-7-12(15)9(2)6-13(11)16/h6-8,10,14H,3-5H2,1-2H3. The number of aryl methyl sites for hydroxylation is 1. The SMILES string of the molecule is Cc1cc(Br)c(C(Cl)C2CCCC2C)cc1Br. The third-order valence-electron chi connectivity index (χ3n) is 3.88. The van der Waals surface area contributed by atoms with Crippen molar-refractivity contribution in [2.24, 2.45) is 11.8 Å². The summed E-state index contributed by atoms with van der Waals surface area (Å²) in [5, 5.41) is 0.124. The van der Waals surface area contributed by atoms with Gasteiger partial charge in [0.1, 0.15) is 0 Å². The van der Waals surface area contributed by atoms with Gasteiger partial charge in [-0.3, -0.25) is 0 Å². The average Bonchev–Trinajstić information content (AvgIpc) is 2.69. The van der Waals surface area contributed by atoms with E-state index in [1.165, 1.54) is 30.4 Å². The molecule has 3 heteroatoms. The smallest absolute Gasteiger partial charge is 0.0627 e. The Balaban J connectivity index is 2.30. The van der Waals surface area contributed by atoms with Crippen LogP contribution in [0.3, 0.4) is 0 Å². The van der Waals surface area contributed by atoms with E-state index < -0.39 is 0 Å². The lowest BCUT2D eigenvalue weighted by molar-refractivity contribution is 0.405. The Morgan fingerprint density at radius 1 is 1.24 bits per heavy atom. The minimum absolute atomic E-state index is 0.124. The molecule has 0 saturated heterocycles. The molecule has 1 saturated carbocycles. The van der Waals surface area contributed by atoms with E-state index in [0.29, 0.717) is 5.92 Å². The van der Waals surface area contributed by atoms with Crippen molar-refractivity contribution in [3.05, 3.63) is 32.2 Å². The fourth-order valence-corrected chi connectivity index (χ4v) is 4.46. The highest BCUT2D eigenvalue weighted by Crippen LogP contribution is 2.46. The topological polar surface area (TPSA) is 0 Å². The Morgan fingerprint density at radius 3 is 2.53 bits per heavy atom. The monoisotopic (exact) mass is 378 g/mol. The third-order valence-corrected chi connectivity index (χ3v) is 5.98. The van der Waals surface area contributed by atoms with E-state index in [2.05, 4.69) is 57.8 Å². The number of hydrogen-bond acceptors (Lipinski definition) is 0. The Hall–Kier alpha value is 0.470. The molecule has 0 aromatic heterocycles. The van der Waals surface area contributed by atoms with Crippen LogP contribution in [0.4, 0.5) is 0 Å². The van der Waals surface area contributed by atoms with Crippen molar-refractivity contribution in [1.82, 2.24) is 0 Å². The molecule has 1 aliphatic rings. The van der Waals surface area contributed by atoms with Crippen LogP contribution in [-0.4, -0.2) is 0 Å². The van der Waals surface area contributed by atoms with Crippen LogP contribution in [0, 0.1) is 18.8 Å². The van der Waals surface area contributed by atoms with Gasteiger partial charge >= 0.3 is 0 Å². The Kier molecular flexibility index (Phi) is 4.60. The van der Waals surface area contributed by atoms with Crippen molar-refractivity contribution in [2.75, 3.05) is 0 Å². The molecule has 0 bridgehead atoms. The maximum absolute atomic E-state index is 6.69. The second-order valence-corrected chi connectivity index (χ2v) is 7.28. The minimum atomic E-state index is 0.124. The fraction of sp³-hybridized carbons (Fsp3) is 0.571. The Labute approximate surface area is 125 Å². The maximum Gasteiger partial charge on any atom is 0.0627 e. The van der Waals surface area contributed by atoms with Crippen LogP contribution in [0.15, 0.2) is 21.1 Å². The number of hydrogen-bond donors (Lipinski definition) is 0. The van der Waals surface area contributed by atoms with Crippen molar-refractivity contribution >= 4 is 43.5 Å². The molecule has 0 heterocycles. The molecule has 3 unspecified atom stereocenters. The summed E-state index contributed by atoms with van der Waals surface area (Å²) in [5.74, 6) is 1.35. The van der Waals surface area contributed by atoms with Gasteiger partial charge in [-0.2, -0.15) is 0 Å². The van der Waals surface area contributed by atoms with Crippen LogP contribution in [0.1, 0.15) is 42.7 Å². The lowest BCUT2D eigenvalue weighted by atomic mass is 9.90. The van der Waals surface area contributed by atoms with E-state index in [1.54, 1.807) is 0 Å². The van der Waals surface area contributed by atoms with Gasteiger partial charge in [-0.25, -0.2) is 0 Å². The minimum Gasteiger partial charge on any atom is -0.117 e. The molecule has 3 atom stereocenters. The van der Waals surface area contributed by atoms with E-state index in [-0.39, 0.29) is 5.38 Å². The van der Waals surface area contributed by atoms with E-state index in [4.69, 9.17) is 11.6 Å². The first-order valence-corrected chi connectivity index (χ1v) is 8.12. The van der Waals surface area contributed by atoms with Gasteiger partial charge in [0.25, 0.3) is 0 Å². The molecule has 0 amide bonds. The molecular formula is C14H17Br2Cl. The zero-order chi connectivity index (χ0) is 12.6. The lowest BCUT2D eigenvalue weighted by Crippen LogP contribution is -2.11. The maximum atomic E-state index is 6.69. The van der Waals surface area contributed by atoms with Crippen LogP contribution in [0.2, 0.25) is 0 Å². The third kappa shape index (κ3) is 2.90. The van der Waals surface area contributed by atoms with Gasteiger partial charge in [0.2, 0.25) is 0 Å². The van der Waals surface area contributed by atoms with E-state index >= 15 is 0 Å². The van der Waals surface area contributed by atoms with Crippen molar-refractivity contribution in [2.45, 2.75) is 38.5 Å². The first-order chi connectivity index (χ1) is 8.00. The first-order valence-electron chi connectivity index (χ1n) is 6.10. The molecule has 17 heavy (non-hydrogen) atoms. The summed E-state index contributed by atoms with van der Waals surface area (Å²) < 4.78 is 2.28. The Bertz CT molecular complexity index is 417. The van der Waals surface area contributed by atoms with Crippen molar-refractivity contribution in [3.63, 3.8) is 0 Å². The van der Waals surface area contributed by atoms with E-state index in [1.807, 2.05) is 0 Å². The highest BCUT2D eigenvalue weighted by atomic mass is 79.9. The average molecular weight is 381 g/mol. The number of rotatable bonds is 2. The highest BCUT2D eigenvalue weighted by Gasteiger charge is 2.31. The summed E-state index contributed by atoms with van der Waals surface area (Å²) >= 11 is 13.9. The summed E-state index contributed by atoms with van der Waals surface area (Å²) in [5.41, 5.74) is 2.46. The Morgan fingerprint density at radius 2 is 1.94 bits per heavy atom. The molecule has 0 aliphatic heterocycles. The first kappa shape index (κ1) is 13.9. The molecule has 1 aromatic carbocycles. The van der Waals surface area contributed by atoms with Crippen LogP contribution in [-0.2, 0) is 0 Å². The van der Waals surface area contributed by atoms with E-state index in [9.17, 15) is 0 Å². The summed E-state index contributed by atoms with van der Waals surface area (Å²) in [7, 11) is 0. The molecule has 0 N–H and O–H groups in total. The van der Waals surface area contributed by atoms with Crippen molar-refractivity contribution in [3.8, 4) is 0 Å². The predicted molar refractivity (Wildman–Crippen MR) is 81.7 cm³/mol. The summed E-state index contributed by atoms with van der Waals surface area (Å²) in [6.45, 7) is 4.42. The van der Waals surface area contributed by atoms with Gasteiger partial charge in [0.05, 0.1) is 5.38 Å². The molecule has 1 aromatic rings. The highest BCUT2D eigenvalue weighted by molar-refractivity contribution is 9.11. The zero-order valence-electron chi connectivity index (χ0n) is 10.1. The second kappa shape index (κ2) is 5.63. The van der Waals surface area contributed by atoms with Gasteiger partial charge in [-0.05, 0) is 48.4 Å². The van der Waals surface area contributed by atoms with Gasteiger partial charge in [0, 0.05) is 8.95 Å². The van der Waals surface area contributed by atoms with Crippen LogP contribution in [0.25, 0.3) is 0 Å². The van der Waals surface area contributed by atoms with Crippen LogP contribution < -0.4 is 0 Å². The van der Waals surface area contributed by atoms with Crippen molar-refractivity contribution in [1.29, 1.82) is 0 Å². The van der Waals surface area contributed by atoms with Crippen molar-refractivity contribution < 1.29 is 0 Å². The zero-order valence-corrected chi connectivity index (χ0v) is 14.1. The summed E-state index contributed by atoms with van der Waals surface area (Å²) in [6, 6.07) is 4.32. The quantitative estimate of drug-likeness (QED) is 0.533. The molecule has 0 spiro atoms. The lowest BCUT2D eigenvalue weighted by Gasteiger charge is -2.23. The number of alkyl halides is 1. The van der Waals surface area contributed by atoms with Gasteiger partial charge < -0.3 is 0 Å². The van der Waals surface area contributed by atoms with Crippen LogP contribution in [0.5, 0.6) is 0 Å². The summed E-state index contributed by atoms with van der Waals surface area (Å²) in [4.78, 5) is 0. The molecule has 0 nitrogen and oxygen atoms in total. The molecular weight excluding hydrogens is 363 g/mol. The largest absolute Gasteiger partial charge is 0.117 e. The number of benzene rings is 1. The second-order valence-electron chi connectivity index (χ2n) is 5.10. The molecule has 2 rings (SSSR count). The predicted octanol–water partition coefficient (Wildman–Crippen LogP) is 6.24. The molecule has 1 fully saturated rings. The summed E-state index contributed by atoms with van der Waals surface area (Å²) in [6.07, 6.45) is 3.89. The molecule has 94 valence electrons. The number of halogens is 3. The van der Waals surface area contributed by atoms with E-state index in [0.717, 1.165) is 14.9 Å². The van der Waals surface area contributed by atoms with Gasteiger partial charge in [0.15, 0.2) is 0 Å². The van der Waals surface area contributed by atoms with Gasteiger partial charge in [-0.15, -0.1) is 11.6 Å². The fourth-order valence-electron chi connectivity index (χ4n) is 2.71. The van der Waals surface area contributed by atoms with Gasteiger partial charge in [-0.1, -0.05) is 51.6 Å². The van der Waals surface area contributed by atoms with Crippen LogP contribution >= 0.6 is 43.5 Å². The molecule has 1 aliphatic carbocycles.